The third-order valence-electron chi connectivity index (χ3n) is 2.84. The van der Waals surface area contributed by atoms with E-state index in [1.165, 1.54) is 0 Å². The van der Waals surface area contributed by atoms with E-state index in [1.807, 2.05) is 6.92 Å². The highest BCUT2D eigenvalue weighted by molar-refractivity contribution is 4.68. The molecule has 0 aromatic heterocycles. The van der Waals surface area contributed by atoms with E-state index < -0.39 is 0 Å². The average Bonchev–Trinajstić information content (AvgIpc) is 2.28. The monoisotopic (exact) mass is 232 g/mol. The first-order valence-electron chi connectivity index (χ1n) is 6.24. The van der Waals surface area contributed by atoms with Crippen molar-refractivity contribution in [3.05, 3.63) is 0 Å². The molecule has 0 aliphatic rings. The van der Waals surface area contributed by atoms with E-state index in [2.05, 4.69) is 18.7 Å². The summed E-state index contributed by atoms with van der Waals surface area (Å²) in [5.74, 6) is 0. The van der Waals surface area contributed by atoms with Gasteiger partial charge < -0.3 is 15.2 Å². The van der Waals surface area contributed by atoms with Crippen LogP contribution in [0.15, 0.2) is 0 Å². The van der Waals surface area contributed by atoms with Gasteiger partial charge in [0.05, 0.1) is 12.7 Å². The Balaban J connectivity index is 3.92. The quantitative estimate of drug-likeness (QED) is 0.613. The standard InChI is InChI=1S/C12H28N2O2/c1-5-14(11(3)10-15-4)8-7-12(9-13)16-6-2/h11-12H,5-10,13H2,1-4H3. The largest absolute Gasteiger partial charge is 0.383 e. The third-order valence-corrected chi connectivity index (χ3v) is 2.84. The Bertz CT molecular complexity index is 156. The van der Waals surface area contributed by atoms with Crippen molar-refractivity contribution in [1.29, 1.82) is 0 Å². The average molecular weight is 232 g/mol. The number of hydrogen-bond acceptors (Lipinski definition) is 4. The molecule has 4 nitrogen and oxygen atoms in total. The Hall–Kier alpha value is -0.160. The zero-order valence-corrected chi connectivity index (χ0v) is 11.2. The van der Waals surface area contributed by atoms with Gasteiger partial charge in [-0.3, -0.25) is 4.90 Å². The van der Waals surface area contributed by atoms with Crippen LogP contribution in [0.3, 0.4) is 0 Å². The molecular formula is C12H28N2O2. The normalized spacial score (nSPS) is 15.4. The fourth-order valence-corrected chi connectivity index (χ4v) is 1.85. The number of rotatable bonds is 10. The van der Waals surface area contributed by atoms with E-state index in [0.717, 1.165) is 32.7 Å². The summed E-state index contributed by atoms with van der Waals surface area (Å²) in [6, 6.07) is 0.454. The van der Waals surface area contributed by atoms with Crippen LogP contribution in [0, 0.1) is 0 Å². The van der Waals surface area contributed by atoms with Crippen LogP contribution in [-0.4, -0.2) is 57.0 Å². The molecule has 2 N–H and O–H groups in total. The van der Waals surface area contributed by atoms with Crippen molar-refractivity contribution in [2.75, 3.05) is 40.0 Å². The summed E-state index contributed by atoms with van der Waals surface area (Å²) >= 11 is 0. The molecule has 0 aliphatic carbocycles. The lowest BCUT2D eigenvalue weighted by Gasteiger charge is -2.28. The highest BCUT2D eigenvalue weighted by Crippen LogP contribution is 2.04. The zero-order chi connectivity index (χ0) is 12.4. The van der Waals surface area contributed by atoms with E-state index >= 15 is 0 Å². The topological polar surface area (TPSA) is 47.7 Å². The molecular weight excluding hydrogens is 204 g/mol. The van der Waals surface area contributed by atoms with Gasteiger partial charge in [-0.2, -0.15) is 0 Å². The molecule has 0 rings (SSSR count). The van der Waals surface area contributed by atoms with Crippen LogP contribution in [0.5, 0.6) is 0 Å². The summed E-state index contributed by atoms with van der Waals surface area (Å²) < 4.78 is 10.7. The van der Waals surface area contributed by atoms with Crippen LogP contribution < -0.4 is 5.73 Å². The van der Waals surface area contributed by atoms with Crippen molar-refractivity contribution in [3.63, 3.8) is 0 Å². The van der Waals surface area contributed by atoms with Crippen molar-refractivity contribution in [2.24, 2.45) is 5.73 Å². The second-order valence-corrected chi connectivity index (χ2v) is 4.03. The van der Waals surface area contributed by atoms with Gasteiger partial charge in [0, 0.05) is 32.8 Å². The maximum absolute atomic E-state index is 5.65. The number of methoxy groups -OCH3 is 1. The van der Waals surface area contributed by atoms with E-state index in [-0.39, 0.29) is 6.10 Å². The van der Waals surface area contributed by atoms with Gasteiger partial charge >= 0.3 is 0 Å². The number of nitrogens with zero attached hydrogens (tertiary/aromatic N) is 1. The lowest BCUT2D eigenvalue weighted by molar-refractivity contribution is 0.0432. The molecule has 0 saturated carbocycles. The molecule has 2 unspecified atom stereocenters. The first kappa shape index (κ1) is 15.8. The maximum atomic E-state index is 5.65. The highest BCUT2D eigenvalue weighted by atomic mass is 16.5. The van der Waals surface area contributed by atoms with Crippen LogP contribution in [0.1, 0.15) is 27.2 Å². The van der Waals surface area contributed by atoms with Crippen LogP contribution in [-0.2, 0) is 9.47 Å². The molecule has 0 aromatic carbocycles. The first-order chi connectivity index (χ1) is 7.69. The highest BCUT2D eigenvalue weighted by Gasteiger charge is 2.14. The van der Waals surface area contributed by atoms with Gasteiger partial charge in [0.2, 0.25) is 0 Å². The van der Waals surface area contributed by atoms with Gasteiger partial charge in [-0.1, -0.05) is 6.92 Å². The summed E-state index contributed by atoms with van der Waals surface area (Å²) in [7, 11) is 1.74. The maximum Gasteiger partial charge on any atom is 0.0709 e. The first-order valence-corrected chi connectivity index (χ1v) is 6.24. The van der Waals surface area contributed by atoms with Crippen LogP contribution in [0.4, 0.5) is 0 Å². The predicted octanol–water partition coefficient (Wildman–Crippen LogP) is 1.10. The van der Waals surface area contributed by atoms with Crippen molar-refractivity contribution in [1.82, 2.24) is 4.90 Å². The Kier molecular flexibility index (Phi) is 9.92. The predicted molar refractivity (Wildman–Crippen MR) is 67.7 cm³/mol. The fourth-order valence-electron chi connectivity index (χ4n) is 1.85. The molecule has 98 valence electrons. The summed E-state index contributed by atoms with van der Waals surface area (Å²) in [6.45, 7) is 10.5. The Morgan fingerprint density at radius 1 is 1.31 bits per heavy atom. The molecule has 2 atom stereocenters. The van der Waals surface area contributed by atoms with Gasteiger partial charge in [0.25, 0.3) is 0 Å². The van der Waals surface area contributed by atoms with Gasteiger partial charge in [0.15, 0.2) is 0 Å². The van der Waals surface area contributed by atoms with Crippen molar-refractivity contribution in [2.45, 2.75) is 39.3 Å². The minimum Gasteiger partial charge on any atom is -0.383 e. The Morgan fingerprint density at radius 3 is 2.44 bits per heavy atom. The van der Waals surface area contributed by atoms with Gasteiger partial charge in [-0.25, -0.2) is 0 Å². The molecule has 0 bridgehead atoms. The van der Waals surface area contributed by atoms with Crippen molar-refractivity contribution < 1.29 is 9.47 Å². The number of likely N-dealkylation sites (N-methyl/N-ethyl adjacent to an activating group) is 1. The molecule has 0 amide bonds. The molecule has 0 radical (unpaired) electrons. The smallest absolute Gasteiger partial charge is 0.0709 e. The lowest BCUT2D eigenvalue weighted by atomic mass is 10.2. The molecule has 0 saturated heterocycles. The van der Waals surface area contributed by atoms with Crippen LogP contribution in [0.25, 0.3) is 0 Å². The fraction of sp³-hybridized carbons (Fsp3) is 1.00. The van der Waals surface area contributed by atoms with Crippen molar-refractivity contribution >= 4 is 0 Å². The molecule has 0 heterocycles. The second-order valence-electron chi connectivity index (χ2n) is 4.03. The second kappa shape index (κ2) is 10.0. The van der Waals surface area contributed by atoms with Gasteiger partial charge in [0.1, 0.15) is 0 Å². The SMILES string of the molecule is CCOC(CN)CCN(CC)C(C)COC. The molecule has 0 fully saturated rings. The number of nitrogens with two attached hydrogens (primary N) is 1. The number of hydrogen-bond donors (Lipinski definition) is 1. The van der Waals surface area contributed by atoms with Gasteiger partial charge in [-0.05, 0) is 26.8 Å². The van der Waals surface area contributed by atoms with E-state index in [0.29, 0.717) is 12.6 Å². The Labute approximate surface area is 100 Å². The molecule has 4 heteroatoms. The summed E-state index contributed by atoms with van der Waals surface area (Å²) in [6.07, 6.45) is 1.18. The van der Waals surface area contributed by atoms with E-state index in [9.17, 15) is 0 Å². The minimum atomic E-state index is 0.189. The lowest BCUT2D eigenvalue weighted by Crippen LogP contribution is -2.39. The summed E-state index contributed by atoms with van der Waals surface area (Å²) in [5, 5.41) is 0. The summed E-state index contributed by atoms with van der Waals surface area (Å²) in [5.41, 5.74) is 5.65. The zero-order valence-electron chi connectivity index (χ0n) is 11.2. The van der Waals surface area contributed by atoms with Crippen LogP contribution >= 0.6 is 0 Å². The minimum absolute atomic E-state index is 0.189. The molecule has 16 heavy (non-hydrogen) atoms. The molecule has 0 spiro atoms. The number of ether oxygens (including phenoxy) is 2. The third kappa shape index (κ3) is 6.43. The molecule has 0 aliphatic heterocycles. The summed E-state index contributed by atoms with van der Waals surface area (Å²) in [4.78, 5) is 2.39. The van der Waals surface area contributed by atoms with Crippen molar-refractivity contribution in [3.8, 4) is 0 Å². The van der Waals surface area contributed by atoms with E-state index in [4.69, 9.17) is 15.2 Å². The van der Waals surface area contributed by atoms with E-state index in [1.54, 1.807) is 7.11 Å². The van der Waals surface area contributed by atoms with Gasteiger partial charge in [-0.15, -0.1) is 0 Å². The van der Waals surface area contributed by atoms with Crippen LogP contribution in [0.2, 0.25) is 0 Å². The Morgan fingerprint density at radius 2 is 2.00 bits per heavy atom. The molecule has 0 aromatic rings.